The van der Waals surface area contributed by atoms with E-state index in [1.165, 1.54) is 0 Å². The molecule has 0 aliphatic carbocycles. The van der Waals surface area contributed by atoms with Crippen LogP contribution in [0.4, 0.5) is 11.4 Å². The number of rotatable bonds is 4. The average Bonchev–Trinajstić information content (AvgIpc) is 2.96. The zero-order chi connectivity index (χ0) is 21.4. The van der Waals surface area contributed by atoms with Gasteiger partial charge >= 0.3 is 0 Å². The Morgan fingerprint density at radius 3 is 2.17 bits per heavy atom. The van der Waals surface area contributed by atoms with E-state index >= 15 is 0 Å². The van der Waals surface area contributed by atoms with Crippen LogP contribution in [-0.2, 0) is 9.59 Å². The Morgan fingerprint density at radius 2 is 1.47 bits per heavy atom. The van der Waals surface area contributed by atoms with Gasteiger partial charge in [-0.25, -0.2) is 4.90 Å². The van der Waals surface area contributed by atoms with Crippen molar-refractivity contribution in [3.05, 3.63) is 99.7 Å². The fourth-order valence-electron chi connectivity index (χ4n) is 3.51. The molecule has 1 heterocycles. The molecular weight excluding hydrogens is 396 g/mol. The first-order chi connectivity index (χ1) is 14.4. The second kappa shape index (κ2) is 7.81. The summed E-state index contributed by atoms with van der Waals surface area (Å²) >= 11 is 6.32. The van der Waals surface area contributed by atoms with Crippen molar-refractivity contribution < 1.29 is 9.59 Å². The van der Waals surface area contributed by atoms with Gasteiger partial charge in [-0.2, -0.15) is 0 Å². The van der Waals surface area contributed by atoms with Crippen LogP contribution in [0.1, 0.15) is 22.3 Å². The minimum absolute atomic E-state index is 0.248. The second-order valence-corrected chi connectivity index (χ2v) is 7.79. The maximum atomic E-state index is 13.5. The lowest BCUT2D eigenvalue weighted by Crippen LogP contribution is -2.32. The molecule has 5 heteroatoms. The smallest absolute Gasteiger partial charge is 0.282 e. The van der Waals surface area contributed by atoms with Crippen molar-refractivity contribution in [1.82, 2.24) is 0 Å². The van der Waals surface area contributed by atoms with E-state index < -0.39 is 11.8 Å². The van der Waals surface area contributed by atoms with E-state index in [4.69, 9.17) is 11.6 Å². The highest BCUT2D eigenvalue weighted by atomic mass is 35.5. The number of para-hydroxylation sites is 2. The largest absolute Gasteiger partial charge is 0.350 e. The third-order valence-electron chi connectivity index (χ3n) is 5.38. The molecule has 0 aromatic heterocycles. The normalized spacial score (nSPS) is 13.9. The molecule has 0 radical (unpaired) electrons. The minimum Gasteiger partial charge on any atom is -0.350 e. The molecule has 0 spiro atoms. The maximum absolute atomic E-state index is 13.5. The van der Waals surface area contributed by atoms with Crippen LogP contribution < -0.4 is 10.2 Å². The molecule has 0 unspecified atom stereocenters. The predicted molar refractivity (Wildman–Crippen MR) is 122 cm³/mol. The Kier molecular flexibility index (Phi) is 5.18. The number of aryl methyl sites for hydroxylation is 3. The standard InChI is InChI=1S/C25H21ClN2O2/c1-15-12-13-18(14-17(15)3)22-23(27-20-10-6-4-8-16(20)2)25(30)28(24(22)29)21-11-7-5-9-19(21)26/h4-14,27H,1-3H3. The van der Waals surface area contributed by atoms with Gasteiger partial charge in [0.2, 0.25) is 0 Å². The number of carbonyl (C=O) groups excluding carboxylic acids is 2. The molecule has 1 aliphatic rings. The summed E-state index contributed by atoms with van der Waals surface area (Å²) in [6, 6.07) is 20.3. The van der Waals surface area contributed by atoms with Crippen molar-refractivity contribution in [1.29, 1.82) is 0 Å². The molecule has 0 fully saturated rings. The Hall–Kier alpha value is -3.37. The van der Waals surface area contributed by atoms with Crippen LogP contribution in [0.2, 0.25) is 5.02 Å². The first-order valence-electron chi connectivity index (χ1n) is 9.66. The van der Waals surface area contributed by atoms with E-state index in [0.717, 1.165) is 27.3 Å². The molecular formula is C25H21ClN2O2. The van der Waals surface area contributed by atoms with E-state index in [2.05, 4.69) is 5.32 Å². The van der Waals surface area contributed by atoms with Crippen LogP contribution >= 0.6 is 11.6 Å². The number of nitrogens with one attached hydrogen (secondary N) is 1. The molecule has 0 bridgehead atoms. The third kappa shape index (κ3) is 3.40. The monoisotopic (exact) mass is 416 g/mol. The highest BCUT2D eigenvalue weighted by molar-refractivity contribution is 6.48. The first-order valence-corrected chi connectivity index (χ1v) is 10.0. The van der Waals surface area contributed by atoms with Crippen molar-refractivity contribution in [2.24, 2.45) is 0 Å². The number of anilines is 2. The van der Waals surface area contributed by atoms with E-state index in [9.17, 15) is 9.59 Å². The molecule has 4 nitrogen and oxygen atoms in total. The first kappa shape index (κ1) is 19.9. The molecule has 2 amide bonds. The molecule has 3 aromatic rings. The molecule has 4 rings (SSSR count). The molecule has 1 aliphatic heterocycles. The number of imide groups is 1. The molecule has 150 valence electrons. The van der Waals surface area contributed by atoms with Gasteiger partial charge in [-0.1, -0.05) is 60.1 Å². The number of hydrogen-bond donors (Lipinski definition) is 1. The van der Waals surface area contributed by atoms with Crippen LogP contribution in [0.25, 0.3) is 5.57 Å². The summed E-state index contributed by atoms with van der Waals surface area (Å²) in [4.78, 5) is 28.1. The van der Waals surface area contributed by atoms with Gasteiger partial charge in [-0.05, 0) is 61.2 Å². The van der Waals surface area contributed by atoms with Crippen LogP contribution in [0, 0.1) is 20.8 Å². The summed E-state index contributed by atoms with van der Waals surface area (Å²) in [5, 5.41) is 3.56. The topological polar surface area (TPSA) is 49.4 Å². The molecule has 0 saturated carbocycles. The zero-order valence-electron chi connectivity index (χ0n) is 17.0. The number of benzene rings is 3. The fraction of sp³-hybridized carbons (Fsp3) is 0.120. The molecule has 0 saturated heterocycles. The SMILES string of the molecule is Cc1ccc(C2=C(Nc3ccccc3C)C(=O)N(c3ccccc3Cl)C2=O)cc1C. The Balaban J connectivity index is 1.89. The van der Waals surface area contributed by atoms with E-state index in [1.54, 1.807) is 24.3 Å². The lowest BCUT2D eigenvalue weighted by atomic mass is 9.99. The van der Waals surface area contributed by atoms with Gasteiger partial charge in [-0.15, -0.1) is 0 Å². The summed E-state index contributed by atoms with van der Waals surface area (Å²) < 4.78 is 0. The highest BCUT2D eigenvalue weighted by Gasteiger charge is 2.41. The predicted octanol–water partition coefficient (Wildman–Crippen LogP) is 5.66. The van der Waals surface area contributed by atoms with Crippen molar-refractivity contribution >= 4 is 40.4 Å². The van der Waals surface area contributed by atoms with Crippen LogP contribution in [0.5, 0.6) is 0 Å². The maximum Gasteiger partial charge on any atom is 0.282 e. The van der Waals surface area contributed by atoms with E-state index in [0.29, 0.717) is 21.8 Å². The van der Waals surface area contributed by atoms with E-state index in [-0.39, 0.29) is 5.70 Å². The molecule has 0 atom stereocenters. The zero-order valence-corrected chi connectivity index (χ0v) is 17.7. The number of halogens is 1. The number of nitrogens with zero attached hydrogens (tertiary/aromatic N) is 1. The van der Waals surface area contributed by atoms with Gasteiger partial charge in [0, 0.05) is 5.69 Å². The van der Waals surface area contributed by atoms with Crippen LogP contribution in [0.3, 0.4) is 0 Å². The summed E-state index contributed by atoms with van der Waals surface area (Å²) in [7, 11) is 0. The number of amides is 2. The Morgan fingerprint density at radius 1 is 0.767 bits per heavy atom. The fourth-order valence-corrected chi connectivity index (χ4v) is 3.73. The summed E-state index contributed by atoms with van der Waals surface area (Å²) in [6.45, 7) is 5.95. The minimum atomic E-state index is -0.426. The summed E-state index contributed by atoms with van der Waals surface area (Å²) in [5.41, 5.74) is 5.57. The number of carbonyl (C=O) groups is 2. The van der Waals surface area contributed by atoms with Crippen molar-refractivity contribution in [3.63, 3.8) is 0 Å². The Bertz CT molecular complexity index is 1210. The molecule has 3 aromatic carbocycles. The third-order valence-corrected chi connectivity index (χ3v) is 5.70. The number of hydrogen-bond acceptors (Lipinski definition) is 3. The van der Waals surface area contributed by atoms with Gasteiger partial charge < -0.3 is 5.32 Å². The Labute approximate surface area is 180 Å². The van der Waals surface area contributed by atoms with Crippen molar-refractivity contribution in [2.45, 2.75) is 20.8 Å². The van der Waals surface area contributed by atoms with Gasteiger partial charge in [-0.3, -0.25) is 9.59 Å². The van der Waals surface area contributed by atoms with Crippen LogP contribution in [0.15, 0.2) is 72.4 Å². The second-order valence-electron chi connectivity index (χ2n) is 7.39. The highest BCUT2D eigenvalue weighted by Crippen LogP contribution is 2.37. The molecule has 1 N–H and O–H groups in total. The van der Waals surface area contributed by atoms with E-state index in [1.807, 2.05) is 63.2 Å². The lowest BCUT2D eigenvalue weighted by molar-refractivity contribution is -0.120. The summed E-state index contributed by atoms with van der Waals surface area (Å²) in [6.07, 6.45) is 0. The van der Waals surface area contributed by atoms with Crippen molar-refractivity contribution in [3.8, 4) is 0 Å². The average molecular weight is 417 g/mol. The van der Waals surface area contributed by atoms with Gasteiger partial charge in [0.05, 0.1) is 16.3 Å². The molecule has 30 heavy (non-hydrogen) atoms. The van der Waals surface area contributed by atoms with Gasteiger partial charge in [0.25, 0.3) is 11.8 Å². The summed E-state index contributed by atoms with van der Waals surface area (Å²) in [5.74, 6) is -0.822. The van der Waals surface area contributed by atoms with Crippen LogP contribution in [-0.4, -0.2) is 11.8 Å². The van der Waals surface area contributed by atoms with Gasteiger partial charge in [0.15, 0.2) is 0 Å². The lowest BCUT2D eigenvalue weighted by Gasteiger charge is -2.17. The van der Waals surface area contributed by atoms with Gasteiger partial charge in [0.1, 0.15) is 5.70 Å². The van der Waals surface area contributed by atoms with Crippen molar-refractivity contribution in [2.75, 3.05) is 10.2 Å². The quantitative estimate of drug-likeness (QED) is 0.558.